The van der Waals surface area contributed by atoms with E-state index in [1.54, 1.807) is 18.2 Å². The number of carbonyl (C=O) groups excluding carboxylic acids is 1. The Bertz CT molecular complexity index is 1100. The fraction of sp³-hybridized carbons (Fsp3) is 0.200. The molecule has 0 bridgehead atoms. The smallest absolute Gasteiger partial charge is 0.267 e. The number of carbonyl (C=O) groups is 1. The molecule has 1 fully saturated rings. The summed E-state index contributed by atoms with van der Waals surface area (Å²) in [7, 11) is -3.83. The normalized spacial score (nSPS) is 14.9. The second-order valence-electron chi connectivity index (χ2n) is 6.65. The topological polar surface area (TPSA) is 120 Å². The summed E-state index contributed by atoms with van der Waals surface area (Å²) in [6.45, 7) is 2.14. The second-order valence-corrected chi connectivity index (χ2v) is 8.21. The van der Waals surface area contributed by atoms with Crippen LogP contribution < -0.4 is 15.4 Å². The van der Waals surface area contributed by atoms with Gasteiger partial charge in [-0.15, -0.1) is 0 Å². The number of benzene rings is 2. The Morgan fingerprint density at radius 2 is 1.73 bits per heavy atom. The second kappa shape index (κ2) is 8.94. The summed E-state index contributed by atoms with van der Waals surface area (Å²) in [5.41, 5.74) is 0.769. The number of primary sulfonamides is 1. The Morgan fingerprint density at radius 3 is 2.30 bits per heavy atom. The molecular weight excluding hydrogens is 409 g/mol. The largest absolute Gasteiger partial charge is 0.373 e. The molecule has 8 nitrogen and oxygen atoms in total. The summed E-state index contributed by atoms with van der Waals surface area (Å²) in [6, 6.07) is 13.7. The van der Waals surface area contributed by atoms with E-state index in [2.05, 4.69) is 5.32 Å². The zero-order valence-electron chi connectivity index (χ0n) is 16.0. The SMILES string of the molecule is N#C/C(=C/N1CCN(c2ccccc2F)CC1)C(=O)Nc1ccc(S(N)(=O)=O)cc1. The van der Waals surface area contributed by atoms with Crippen LogP contribution in [0, 0.1) is 17.1 Å². The number of rotatable bonds is 5. The van der Waals surface area contributed by atoms with E-state index < -0.39 is 15.9 Å². The third-order valence-electron chi connectivity index (χ3n) is 4.62. The number of nitrogens with one attached hydrogen (secondary N) is 1. The molecule has 3 rings (SSSR count). The van der Waals surface area contributed by atoms with Gasteiger partial charge in [0.25, 0.3) is 5.91 Å². The standard InChI is InChI=1S/C20H20FN5O3S/c21-18-3-1-2-4-19(18)26-11-9-25(10-12-26)14-15(13-22)20(27)24-16-5-7-17(8-6-16)30(23,28)29/h1-8,14H,9-12H2,(H,24,27)(H2,23,28,29)/b15-14-. The molecule has 1 amide bonds. The number of anilines is 2. The van der Waals surface area contributed by atoms with Crippen molar-refractivity contribution in [3.63, 3.8) is 0 Å². The lowest BCUT2D eigenvalue weighted by Gasteiger charge is -2.35. The van der Waals surface area contributed by atoms with E-state index in [9.17, 15) is 22.9 Å². The van der Waals surface area contributed by atoms with Gasteiger partial charge in [-0.1, -0.05) is 12.1 Å². The number of halogens is 1. The van der Waals surface area contributed by atoms with Crippen LogP contribution in [-0.4, -0.2) is 45.4 Å². The van der Waals surface area contributed by atoms with Crippen molar-refractivity contribution in [1.29, 1.82) is 5.26 Å². The van der Waals surface area contributed by atoms with Gasteiger partial charge in [0.15, 0.2) is 0 Å². The summed E-state index contributed by atoms with van der Waals surface area (Å²) in [5.74, 6) is -0.899. The number of hydrogen-bond donors (Lipinski definition) is 2. The minimum atomic E-state index is -3.83. The Morgan fingerprint density at radius 1 is 1.10 bits per heavy atom. The molecule has 0 saturated carbocycles. The van der Waals surface area contributed by atoms with Crippen LogP contribution in [0.25, 0.3) is 0 Å². The number of nitrogens with zero attached hydrogens (tertiary/aromatic N) is 3. The Labute approximate surface area is 174 Å². The van der Waals surface area contributed by atoms with Crippen LogP contribution in [0.15, 0.2) is 65.2 Å². The molecular formula is C20H20FN5O3S. The molecule has 2 aromatic rings. The van der Waals surface area contributed by atoms with Crippen molar-refractivity contribution in [1.82, 2.24) is 4.90 Å². The Kier molecular flexibility index (Phi) is 6.34. The van der Waals surface area contributed by atoms with E-state index in [-0.39, 0.29) is 16.3 Å². The quantitative estimate of drug-likeness (QED) is 0.551. The maximum atomic E-state index is 13.9. The van der Waals surface area contributed by atoms with E-state index in [4.69, 9.17) is 5.14 Å². The third kappa shape index (κ3) is 5.14. The molecule has 1 aliphatic rings. The molecule has 0 atom stereocenters. The lowest BCUT2D eigenvalue weighted by atomic mass is 10.2. The zero-order chi connectivity index (χ0) is 21.7. The molecule has 0 aliphatic carbocycles. The van der Waals surface area contributed by atoms with E-state index in [1.807, 2.05) is 15.9 Å². The van der Waals surface area contributed by atoms with Crippen molar-refractivity contribution >= 4 is 27.3 Å². The van der Waals surface area contributed by atoms with Crippen LogP contribution >= 0.6 is 0 Å². The van der Waals surface area contributed by atoms with Gasteiger partial charge >= 0.3 is 0 Å². The van der Waals surface area contributed by atoms with E-state index in [0.29, 0.717) is 37.6 Å². The van der Waals surface area contributed by atoms with Gasteiger partial charge in [0.2, 0.25) is 10.0 Å². The van der Waals surface area contributed by atoms with Crippen molar-refractivity contribution in [2.75, 3.05) is 36.4 Å². The predicted molar refractivity (Wildman–Crippen MR) is 110 cm³/mol. The number of amides is 1. The van der Waals surface area contributed by atoms with Gasteiger partial charge in [0, 0.05) is 38.1 Å². The Hall–Kier alpha value is -3.42. The molecule has 2 aromatic carbocycles. The maximum Gasteiger partial charge on any atom is 0.267 e. The van der Waals surface area contributed by atoms with Crippen molar-refractivity contribution in [2.45, 2.75) is 4.90 Å². The number of sulfonamides is 1. The number of hydrogen-bond acceptors (Lipinski definition) is 6. The minimum Gasteiger partial charge on any atom is -0.373 e. The zero-order valence-corrected chi connectivity index (χ0v) is 16.8. The highest BCUT2D eigenvalue weighted by Gasteiger charge is 2.19. The first-order valence-electron chi connectivity index (χ1n) is 9.07. The fourth-order valence-corrected chi connectivity index (χ4v) is 3.56. The van der Waals surface area contributed by atoms with E-state index in [1.165, 1.54) is 36.5 Å². The average molecular weight is 429 g/mol. The van der Waals surface area contributed by atoms with Crippen LogP contribution in [0.5, 0.6) is 0 Å². The van der Waals surface area contributed by atoms with Gasteiger partial charge in [-0.25, -0.2) is 17.9 Å². The third-order valence-corrected chi connectivity index (χ3v) is 5.55. The highest BCUT2D eigenvalue weighted by atomic mass is 32.2. The molecule has 1 heterocycles. The summed E-state index contributed by atoms with van der Waals surface area (Å²) < 4.78 is 36.5. The number of nitriles is 1. The highest BCUT2D eigenvalue weighted by molar-refractivity contribution is 7.89. The van der Waals surface area contributed by atoms with E-state index in [0.717, 1.165) is 0 Å². The first-order chi connectivity index (χ1) is 14.3. The lowest BCUT2D eigenvalue weighted by Crippen LogP contribution is -2.44. The van der Waals surface area contributed by atoms with Crippen molar-refractivity contribution in [3.05, 3.63) is 66.1 Å². The van der Waals surface area contributed by atoms with Crippen LogP contribution in [0.2, 0.25) is 0 Å². The van der Waals surface area contributed by atoms with Crippen LogP contribution in [-0.2, 0) is 14.8 Å². The summed E-state index contributed by atoms with van der Waals surface area (Å²) in [4.78, 5) is 16.1. The van der Waals surface area contributed by atoms with Gasteiger partial charge in [0.1, 0.15) is 17.5 Å². The van der Waals surface area contributed by atoms with Gasteiger partial charge in [-0.3, -0.25) is 4.79 Å². The molecule has 1 saturated heterocycles. The number of piperazine rings is 1. The van der Waals surface area contributed by atoms with Crippen molar-refractivity contribution in [3.8, 4) is 6.07 Å². The molecule has 0 aromatic heterocycles. The average Bonchev–Trinajstić information content (AvgIpc) is 2.72. The summed E-state index contributed by atoms with van der Waals surface area (Å²) >= 11 is 0. The van der Waals surface area contributed by atoms with Crippen LogP contribution in [0.3, 0.4) is 0 Å². The molecule has 30 heavy (non-hydrogen) atoms. The van der Waals surface area contributed by atoms with Crippen LogP contribution in [0.4, 0.5) is 15.8 Å². The van der Waals surface area contributed by atoms with E-state index >= 15 is 0 Å². The van der Waals surface area contributed by atoms with Gasteiger partial charge in [-0.05, 0) is 36.4 Å². The predicted octanol–water partition coefficient (Wildman–Crippen LogP) is 1.64. The molecule has 0 spiro atoms. The highest BCUT2D eigenvalue weighted by Crippen LogP contribution is 2.20. The number of nitrogens with two attached hydrogens (primary N) is 1. The fourth-order valence-electron chi connectivity index (χ4n) is 3.05. The first kappa shape index (κ1) is 21.3. The Balaban J connectivity index is 1.62. The molecule has 10 heteroatoms. The maximum absolute atomic E-state index is 13.9. The van der Waals surface area contributed by atoms with Crippen molar-refractivity contribution in [2.24, 2.45) is 5.14 Å². The van der Waals surface area contributed by atoms with Crippen molar-refractivity contribution < 1.29 is 17.6 Å². The van der Waals surface area contributed by atoms with Gasteiger partial charge in [-0.2, -0.15) is 5.26 Å². The monoisotopic (exact) mass is 429 g/mol. The lowest BCUT2D eigenvalue weighted by molar-refractivity contribution is -0.112. The molecule has 1 aliphatic heterocycles. The minimum absolute atomic E-state index is 0.0794. The summed E-state index contributed by atoms with van der Waals surface area (Å²) in [5, 5.41) is 17.0. The first-order valence-corrected chi connectivity index (χ1v) is 10.6. The molecule has 0 radical (unpaired) electrons. The number of para-hydroxylation sites is 1. The molecule has 3 N–H and O–H groups in total. The molecule has 156 valence electrons. The summed E-state index contributed by atoms with van der Waals surface area (Å²) in [6.07, 6.45) is 1.48. The van der Waals surface area contributed by atoms with Gasteiger partial charge < -0.3 is 15.1 Å². The van der Waals surface area contributed by atoms with Gasteiger partial charge in [0.05, 0.1) is 10.6 Å². The van der Waals surface area contributed by atoms with Crippen LogP contribution in [0.1, 0.15) is 0 Å². The molecule has 0 unspecified atom stereocenters.